The van der Waals surface area contributed by atoms with Gasteiger partial charge >= 0.3 is 0 Å². The summed E-state index contributed by atoms with van der Waals surface area (Å²) in [5, 5.41) is 3.30. The molecule has 0 aliphatic heterocycles. The summed E-state index contributed by atoms with van der Waals surface area (Å²) in [6.45, 7) is 0.942. The number of hydrogen-bond donors (Lipinski definition) is 1. The Kier molecular flexibility index (Phi) is 7.21. The Bertz CT molecular complexity index is 967. The third-order valence-corrected chi connectivity index (χ3v) is 5.41. The van der Waals surface area contributed by atoms with Crippen molar-refractivity contribution in [3.8, 4) is 11.5 Å². The second-order valence-electron chi connectivity index (χ2n) is 6.01. The Morgan fingerprint density at radius 1 is 1.00 bits per heavy atom. The first kappa shape index (κ1) is 21.0. The highest BCUT2D eigenvalue weighted by Crippen LogP contribution is 2.37. The monoisotopic (exact) mass is 527 g/mol. The molecule has 0 aliphatic rings. The van der Waals surface area contributed by atoms with Crippen LogP contribution in [0.25, 0.3) is 0 Å². The van der Waals surface area contributed by atoms with Crippen LogP contribution >= 0.6 is 43.5 Å². The SMILES string of the molecule is COc1cc(CNc2ccc(F)c(Cl)c2)cc(Br)c1OCc1ccc(Br)cc1. The number of nitrogens with one attached hydrogen (secondary N) is 1. The van der Waals surface area contributed by atoms with Crippen LogP contribution in [0.1, 0.15) is 11.1 Å². The summed E-state index contributed by atoms with van der Waals surface area (Å²) >= 11 is 12.8. The molecule has 28 heavy (non-hydrogen) atoms. The van der Waals surface area contributed by atoms with Crippen LogP contribution in [0, 0.1) is 5.82 Å². The maximum absolute atomic E-state index is 13.3. The molecule has 3 aromatic carbocycles. The lowest BCUT2D eigenvalue weighted by Crippen LogP contribution is -2.03. The van der Waals surface area contributed by atoms with E-state index in [0.717, 1.165) is 25.8 Å². The van der Waals surface area contributed by atoms with Crippen molar-refractivity contribution in [3.05, 3.63) is 85.5 Å². The van der Waals surface area contributed by atoms with Crippen molar-refractivity contribution in [1.82, 2.24) is 0 Å². The van der Waals surface area contributed by atoms with E-state index in [1.807, 2.05) is 36.4 Å². The van der Waals surface area contributed by atoms with Gasteiger partial charge in [-0.15, -0.1) is 0 Å². The van der Waals surface area contributed by atoms with Gasteiger partial charge in [-0.3, -0.25) is 0 Å². The van der Waals surface area contributed by atoms with Gasteiger partial charge in [0, 0.05) is 16.7 Å². The first-order valence-corrected chi connectivity index (χ1v) is 10.3. The third kappa shape index (κ3) is 5.40. The minimum absolute atomic E-state index is 0.0838. The van der Waals surface area contributed by atoms with Gasteiger partial charge in [0.2, 0.25) is 0 Å². The van der Waals surface area contributed by atoms with E-state index < -0.39 is 5.82 Å². The van der Waals surface area contributed by atoms with E-state index in [1.165, 1.54) is 6.07 Å². The third-order valence-electron chi connectivity index (χ3n) is 4.00. The maximum atomic E-state index is 13.3. The summed E-state index contributed by atoms with van der Waals surface area (Å²) in [6, 6.07) is 16.3. The minimum Gasteiger partial charge on any atom is -0.493 e. The van der Waals surface area contributed by atoms with E-state index in [4.69, 9.17) is 21.1 Å². The van der Waals surface area contributed by atoms with Gasteiger partial charge in [0.25, 0.3) is 0 Å². The second-order valence-corrected chi connectivity index (χ2v) is 8.18. The lowest BCUT2D eigenvalue weighted by atomic mass is 10.2. The molecule has 3 nitrogen and oxygen atoms in total. The summed E-state index contributed by atoms with van der Waals surface area (Å²) in [7, 11) is 1.60. The van der Waals surface area contributed by atoms with Crippen LogP contribution in [0.3, 0.4) is 0 Å². The van der Waals surface area contributed by atoms with E-state index in [2.05, 4.69) is 37.2 Å². The van der Waals surface area contributed by atoms with Gasteiger partial charge in [-0.05, 0) is 69.5 Å². The van der Waals surface area contributed by atoms with E-state index in [1.54, 1.807) is 19.2 Å². The van der Waals surface area contributed by atoms with Gasteiger partial charge < -0.3 is 14.8 Å². The van der Waals surface area contributed by atoms with Crippen molar-refractivity contribution in [1.29, 1.82) is 0 Å². The highest BCUT2D eigenvalue weighted by atomic mass is 79.9. The Hall–Kier alpha value is -1.76. The van der Waals surface area contributed by atoms with Crippen LogP contribution in [0.15, 0.2) is 63.5 Å². The van der Waals surface area contributed by atoms with Gasteiger partial charge in [0.1, 0.15) is 12.4 Å². The van der Waals surface area contributed by atoms with Gasteiger partial charge in [-0.1, -0.05) is 39.7 Å². The Labute approximate surface area is 185 Å². The molecule has 0 atom stereocenters. The fourth-order valence-corrected chi connectivity index (χ4v) is 3.61. The molecule has 0 unspecified atom stereocenters. The molecule has 0 saturated carbocycles. The summed E-state index contributed by atoms with van der Waals surface area (Å²) in [6.07, 6.45) is 0. The number of ether oxygens (including phenoxy) is 2. The van der Waals surface area contributed by atoms with Crippen molar-refractivity contribution in [2.75, 3.05) is 12.4 Å². The largest absolute Gasteiger partial charge is 0.493 e. The van der Waals surface area contributed by atoms with Crippen LogP contribution in [0.2, 0.25) is 5.02 Å². The highest BCUT2D eigenvalue weighted by molar-refractivity contribution is 9.10. The number of benzene rings is 3. The zero-order chi connectivity index (χ0) is 20.1. The van der Waals surface area contributed by atoms with Crippen LogP contribution in [0.4, 0.5) is 10.1 Å². The number of hydrogen-bond acceptors (Lipinski definition) is 3. The first-order valence-electron chi connectivity index (χ1n) is 8.39. The number of methoxy groups -OCH3 is 1. The standard InChI is InChI=1S/C21H17Br2ClFNO2/c1-27-20-9-14(11-26-16-6-7-19(25)18(24)10-16)8-17(23)21(20)28-12-13-2-4-15(22)5-3-13/h2-10,26H,11-12H2,1H3. The molecular formula is C21H17Br2ClFNO2. The van der Waals surface area contributed by atoms with E-state index in [0.29, 0.717) is 24.7 Å². The summed E-state index contributed by atoms with van der Waals surface area (Å²) in [4.78, 5) is 0. The van der Waals surface area contributed by atoms with E-state index in [-0.39, 0.29) is 5.02 Å². The molecule has 0 heterocycles. The van der Waals surface area contributed by atoms with Crippen molar-refractivity contribution in [2.45, 2.75) is 13.2 Å². The minimum atomic E-state index is -0.441. The van der Waals surface area contributed by atoms with Gasteiger partial charge in [-0.25, -0.2) is 4.39 Å². The molecule has 0 fully saturated rings. The predicted octanol–water partition coefficient (Wildman–Crippen LogP) is 7.20. The van der Waals surface area contributed by atoms with Crippen LogP contribution in [0.5, 0.6) is 11.5 Å². The van der Waals surface area contributed by atoms with Crippen LogP contribution < -0.4 is 14.8 Å². The van der Waals surface area contributed by atoms with Gasteiger partial charge in [0.15, 0.2) is 11.5 Å². The molecule has 146 valence electrons. The average molecular weight is 530 g/mol. The molecule has 0 radical (unpaired) electrons. The highest BCUT2D eigenvalue weighted by Gasteiger charge is 2.12. The molecule has 0 saturated heterocycles. The first-order chi connectivity index (χ1) is 13.5. The van der Waals surface area contributed by atoms with Crippen molar-refractivity contribution in [3.63, 3.8) is 0 Å². The molecule has 0 aromatic heterocycles. The molecule has 3 aromatic rings. The van der Waals surface area contributed by atoms with Crippen molar-refractivity contribution < 1.29 is 13.9 Å². The van der Waals surface area contributed by atoms with Crippen molar-refractivity contribution >= 4 is 49.1 Å². The fourth-order valence-electron chi connectivity index (χ4n) is 2.56. The van der Waals surface area contributed by atoms with Gasteiger partial charge in [0.05, 0.1) is 16.6 Å². The Balaban J connectivity index is 1.71. The zero-order valence-corrected chi connectivity index (χ0v) is 18.9. The van der Waals surface area contributed by atoms with E-state index in [9.17, 15) is 4.39 Å². The smallest absolute Gasteiger partial charge is 0.175 e. The Morgan fingerprint density at radius 3 is 2.43 bits per heavy atom. The number of halogens is 4. The number of rotatable bonds is 7. The molecular weight excluding hydrogens is 512 g/mol. The Morgan fingerprint density at radius 2 is 1.75 bits per heavy atom. The molecule has 0 aliphatic carbocycles. The average Bonchev–Trinajstić information content (AvgIpc) is 2.69. The maximum Gasteiger partial charge on any atom is 0.175 e. The molecule has 1 N–H and O–H groups in total. The molecule has 7 heteroatoms. The topological polar surface area (TPSA) is 30.5 Å². The van der Waals surface area contributed by atoms with E-state index >= 15 is 0 Å². The lowest BCUT2D eigenvalue weighted by molar-refractivity contribution is 0.282. The van der Waals surface area contributed by atoms with Gasteiger partial charge in [-0.2, -0.15) is 0 Å². The molecule has 3 rings (SSSR count). The quantitative estimate of drug-likeness (QED) is 0.351. The molecule has 0 spiro atoms. The normalized spacial score (nSPS) is 10.6. The molecule has 0 bridgehead atoms. The fraction of sp³-hybridized carbons (Fsp3) is 0.143. The number of anilines is 1. The summed E-state index contributed by atoms with van der Waals surface area (Å²) < 4.78 is 26.6. The van der Waals surface area contributed by atoms with Crippen LogP contribution in [-0.4, -0.2) is 7.11 Å². The van der Waals surface area contributed by atoms with Crippen molar-refractivity contribution in [2.24, 2.45) is 0 Å². The predicted molar refractivity (Wildman–Crippen MR) is 118 cm³/mol. The molecule has 0 amide bonds. The van der Waals surface area contributed by atoms with Crippen LogP contribution in [-0.2, 0) is 13.2 Å². The lowest BCUT2D eigenvalue weighted by Gasteiger charge is -2.15. The second kappa shape index (κ2) is 9.63. The zero-order valence-electron chi connectivity index (χ0n) is 14.9. The summed E-state index contributed by atoms with van der Waals surface area (Å²) in [5.41, 5.74) is 2.76. The summed E-state index contributed by atoms with van der Waals surface area (Å²) in [5.74, 6) is 0.823.